The van der Waals surface area contributed by atoms with Crippen LogP contribution < -0.4 is 0 Å². The van der Waals surface area contributed by atoms with E-state index in [1.807, 2.05) is 0 Å². The molecule has 1 aromatic rings. The second kappa shape index (κ2) is 5.10. The van der Waals surface area contributed by atoms with Crippen LogP contribution in [0.25, 0.3) is 0 Å². The van der Waals surface area contributed by atoms with Crippen LogP contribution in [0.4, 0.5) is 0 Å². The summed E-state index contributed by atoms with van der Waals surface area (Å²) in [5, 5.41) is 18.0. The van der Waals surface area contributed by atoms with Gasteiger partial charge in [0.2, 0.25) is 10.0 Å². The first-order chi connectivity index (χ1) is 7.80. The van der Waals surface area contributed by atoms with E-state index in [2.05, 4.69) is 0 Å². The van der Waals surface area contributed by atoms with Gasteiger partial charge in [0.1, 0.15) is 11.4 Å². The summed E-state index contributed by atoms with van der Waals surface area (Å²) in [6, 6.07) is 3.99. The monoisotopic (exact) mass is 294 g/mol. The number of nitrogens with zero attached hydrogens (tertiary/aromatic N) is 2. The Morgan fingerprint density at radius 1 is 1.47 bits per heavy atom. The van der Waals surface area contributed by atoms with Gasteiger partial charge in [-0.05, 0) is 12.1 Å². The minimum atomic E-state index is -3.98. The lowest BCUT2D eigenvalue weighted by Crippen LogP contribution is -2.27. The number of hydrogen-bond donors (Lipinski definition) is 1. The average molecular weight is 295 g/mol. The van der Waals surface area contributed by atoms with E-state index in [-0.39, 0.29) is 16.6 Å². The van der Waals surface area contributed by atoms with Gasteiger partial charge in [0.25, 0.3) is 0 Å². The molecule has 0 fully saturated rings. The van der Waals surface area contributed by atoms with Crippen molar-refractivity contribution < 1.29 is 13.5 Å². The second-order valence-corrected chi connectivity index (χ2v) is 6.01. The molecule has 0 atom stereocenters. The molecule has 92 valence electrons. The molecule has 0 aliphatic heterocycles. The maximum Gasteiger partial charge on any atom is 0.247 e. The van der Waals surface area contributed by atoms with Gasteiger partial charge < -0.3 is 5.11 Å². The number of nitriles is 1. The van der Waals surface area contributed by atoms with E-state index in [9.17, 15) is 13.5 Å². The predicted molar refractivity (Wildman–Crippen MR) is 63.6 cm³/mol. The first-order valence-electron chi connectivity index (χ1n) is 4.32. The SMILES string of the molecule is CN(CC#N)S(=O)(=O)c1cc(Cl)cc(Cl)c1O. The van der Waals surface area contributed by atoms with E-state index in [4.69, 9.17) is 28.5 Å². The highest BCUT2D eigenvalue weighted by Gasteiger charge is 2.26. The van der Waals surface area contributed by atoms with E-state index < -0.39 is 20.7 Å². The van der Waals surface area contributed by atoms with Crippen LogP contribution in [0.1, 0.15) is 0 Å². The Labute approximate surface area is 109 Å². The van der Waals surface area contributed by atoms with Crippen molar-refractivity contribution in [2.75, 3.05) is 13.6 Å². The molecule has 0 unspecified atom stereocenters. The fraction of sp³-hybridized carbons (Fsp3) is 0.222. The molecule has 0 amide bonds. The summed E-state index contributed by atoms with van der Waals surface area (Å²) in [6.45, 7) is -0.341. The van der Waals surface area contributed by atoms with Gasteiger partial charge in [0.15, 0.2) is 5.75 Å². The lowest BCUT2D eigenvalue weighted by molar-refractivity contribution is 0.450. The van der Waals surface area contributed by atoms with Gasteiger partial charge in [-0.3, -0.25) is 0 Å². The summed E-state index contributed by atoms with van der Waals surface area (Å²) >= 11 is 11.3. The summed E-state index contributed by atoms with van der Waals surface area (Å²) in [4.78, 5) is -0.423. The number of benzene rings is 1. The average Bonchev–Trinajstić information content (AvgIpc) is 2.23. The minimum Gasteiger partial charge on any atom is -0.505 e. The van der Waals surface area contributed by atoms with Crippen molar-refractivity contribution >= 4 is 33.2 Å². The Morgan fingerprint density at radius 3 is 2.59 bits per heavy atom. The van der Waals surface area contributed by atoms with Gasteiger partial charge in [0.05, 0.1) is 11.1 Å². The zero-order valence-electron chi connectivity index (χ0n) is 8.68. The summed E-state index contributed by atoms with van der Waals surface area (Å²) in [7, 11) is -2.77. The molecule has 5 nitrogen and oxygen atoms in total. The highest BCUT2D eigenvalue weighted by Crippen LogP contribution is 2.35. The van der Waals surface area contributed by atoms with E-state index in [1.165, 1.54) is 13.1 Å². The van der Waals surface area contributed by atoms with Crippen LogP contribution in [0, 0.1) is 11.3 Å². The third-order valence-corrected chi connectivity index (χ3v) is 4.30. The van der Waals surface area contributed by atoms with E-state index in [0.717, 1.165) is 10.4 Å². The number of hydrogen-bond acceptors (Lipinski definition) is 4. The number of phenols is 1. The van der Waals surface area contributed by atoms with Crippen LogP contribution in [-0.4, -0.2) is 31.4 Å². The number of rotatable bonds is 3. The molecule has 0 aliphatic carbocycles. The van der Waals surface area contributed by atoms with Gasteiger partial charge in [-0.15, -0.1) is 0 Å². The molecular weight excluding hydrogens is 287 g/mol. The normalized spacial score (nSPS) is 11.5. The summed E-state index contributed by atoms with van der Waals surface area (Å²) in [5.41, 5.74) is 0. The van der Waals surface area contributed by atoms with Crippen molar-refractivity contribution in [3.05, 3.63) is 22.2 Å². The van der Waals surface area contributed by atoms with Gasteiger partial charge >= 0.3 is 0 Å². The highest BCUT2D eigenvalue weighted by molar-refractivity contribution is 7.89. The van der Waals surface area contributed by atoms with Crippen molar-refractivity contribution in [3.63, 3.8) is 0 Å². The van der Waals surface area contributed by atoms with Crippen LogP contribution in [0.15, 0.2) is 17.0 Å². The van der Waals surface area contributed by atoms with Gasteiger partial charge in [-0.25, -0.2) is 8.42 Å². The van der Waals surface area contributed by atoms with Crippen molar-refractivity contribution in [2.24, 2.45) is 0 Å². The van der Waals surface area contributed by atoms with Crippen LogP contribution >= 0.6 is 23.2 Å². The second-order valence-electron chi connectivity index (χ2n) is 3.15. The standard InChI is InChI=1S/C9H8Cl2N2O3S/c1-13(3-2-12)17(15,16)8-5-6(10)4-7(11)9(8)14/h4-5,14H,3H2,1H3. The van der Waals surface area contributed by atoms with Gasteiger partial charge in [0, 0.05) is 12.1 Å². The smallest absolute Gasteiger partial charge is 0.247 e. The zero-order valence-corrected chi connectivity index (χ0v) is 11.0. The highest BCUT2D eigenvalue weighted by atomic mass is 35.5. The van der Waals surface area contributed by atoms with Crippen molar-refractivity contribution in [2.45, 2.75) is 4.90 Å². The molecule has 1 aromatic carbocycles. The maximum absolute atomic E-state index is 11.9. The van der Waals surface area contributed by atoms with Crippen molar-refractivity contribution in [1.82, 2.24) is 4.31 Å². The zero-order chi connectivity index (χ0) is 13.2. The molecule has 0 aromatic heterocycles. The summed E-state index contributed by atoms with van der Waals surface area (Å²) in [5.74, 6) is -0.583. The Kier molecular flexibility index (Phi) is 4.22. The van der Waals surface area contributed by atoms with E-state index >= 15 is 0 Å². The molecule has 0 aliphatic rings. The van der Waals surface area contributed by atoms with Crippen LogP contribution in [-0.2, 0) is 10.0 Å². The molecule has 0 saturated heterocycles. The molecule has 1 N–H and O–H groups in total. The molecule has 0 spiro atoms. The Balaban J connectivity index is 3.40. The maximum atomic E-state index is 11.9. The van der Waals surface area contributed by atoms with Crippen molar-refractivity contribution in [1.29, 1.82) is 5.26 Å². The molecule has 0 bridgehead atoms. The lowest BCUT2D eigenvalue weighted by atomic mass is 10.3. The first-order valence-corrected chi connectivity index (χ1v) is 6.51. The van der Waals surface area contributed by atoms with E-state index in [1.54, 1.807) is 6.07 Å². The topological polar surface area (TPSA) is 81.4 Å². The third-order valence-electron chi connectivity index (χ3n) is 1.97. The lowest BCUT2D eigenvalue weighted by Gasteiger charge is -2.15. The van der Waals surface area contributed by atoms with Crippen LogP contribution in [0.5, 0.6) is 5.75 Å². The molecule has 1 rings (SSSR count). The molecule has 0 saturated carbocycles. The number of phenolic OH excluding ortho intramolecular Hbond substituents is 1. The molecule has 0 heterocycles. The fourth-order valence-electron chi connectivity index (χ4n) is 1.09. The molecule has 8 heteroatoms. The first kappa shape index (κ1) is 14.1. The molecule has 0 radical (unpaired) electrons. The summed E-state index contributed by atoms with van der Waals surface area (Å²) < 4.78 is 24.7. The van der Waals surface area contributed by atoms with Crippen molar-refractivity contribution in [3.8, 4) is 11.8 Å². The molecule has 17 heavy (non-hydrogen) atoms. The Morgan fingerprint density at radius 2 is 2.06 bits per heavy atom. The molecular formula is C9H8Cl2N2O3S. The Hall–Kier alpha value is -1.00. The predicted octanol–water partition coefficient (Wildman–Crippen LogP) is 1.84. The number of halogens is 2. The fourth-order valence-corrected chi connectivity index (χ4v) is 2.90. The van der Waals surface area contributed by atoms with Crippen LogP contribution in [0.2, 0.25) is 10.0 Å². The van der Waals surface area contributed by atoms with E-state index in [0.29, 0.717) is 0 Å². The number of sulfonamides is 1. The third kappa shape index (κ3) is 2.82. The van der Waals surface area contributed by atoms with Gasteiger partial charge in [-0.1, -0.05) is 23.2 Å². The Bertz CT molecular complexity index is 581. The quantitative estimate of drug-likeness (QED) is 0.863. The largest absolute Gasteiger partial charge is 0.505 e. The van der Waals surface area contributed by atoms with Gasteiger partial charge in [-0.2, -0.15) is 9.57 Å². The minimum absolute atomic E-state index is 0.0803. The van der Waals surface area contributed by atoms with Crippen LogP contribution in [0.3, 0.4) is 0 Å². The summed E-state index contributed by atoms with van der Waals surface area (Å²) in [6.07, 6.45) is 0. The number of aromatic hydroxyl groups is 1.